The topological polar surface area (TPSA) is 3.24 Å². The number of benzene rings is 2. The number of hydrogen-bond acceptors (Lipinski definition) is 1. The quantitative estimate of drug-likeness (QED) is 0.696. The molecule has 0 bridgehead atoms. The first-order valence-corrected chi connectivity index (χ1v) is 8.94. The van der Waals surface area contributed by atoms with Gasteiger partial charge in [-0.2, -0.15) is 0 Å². The number of rotatable bonds is 2. The Morgan fingerprint density at radius 2 is 1.61 bits per heavy atom. The molecule has 1 fully saturated rings. The molecule has 1 heteroatoms. The summed E-state index contributed by atoms with van der Waals surface area (Å²) in [5.74, 6) is 0.788. The first-order chi connectivity index (χ1) is 11.3. The Labute approximate surface area is 139 Å². The van der Waals surface area contributed by atoms with Crippen LogP contribution < -0.4 is 4.90 Å². The molecule has 1 aliphatic carbocycles. The summed E-state index contributed by atoms with van der Waals surface area (Å²) in [6.07, 6.45) is 9.32. The third-order valence-electron chi connectivity index (χ3n) is 5.47. The highest BCUT2D eigenvalue weighted by atomic mass is 15.1. The molecule has 1 saturated carbocycles. The van der Waals surface area contributed by atoms with E-state index in [9.17, 15) is 0 Å². The largest absolute Gasteiger partial charge is 0.370 e. The van der Waals surface area contributed by atoms with Crippen molar-refractivity contribution >= 4 is 11.3 Å². The Morgan fingerprint density at radius 1 is 0.870 bits per heavy atom. The van der Waals surface area contributed by atoms with Crippen molar-refractivity contribution < 1.29 is 0 Å². The predicted octanol–water partition coefficient (Wildman–Crippen LogP) is 5.62. The lowest BCUT2D eigenvalue weighted by Crippen LogP contribution is -2.22. The van der Waals surface area contributed by atoms with E-state index in [2.05, 4.69) is 66.6 Å². The van der Waals surface area contributed by atoms with Gasteiger partial charge in [-0.3, -0.25) is 0 Å². The van der Waals surface area contributed by atoms with Crippen LogP contribution in [0.15, 0.2) is 54.6 Å². The summed E-state index contributed by atoms with van der Waals surface area (Å²) in [4.78, 5) is 2.31. The fraction of sp³-hybridized carbons (Fsp3) is 0.364. The van der Waals surface area contributed by atoms with Crippen LogP contribution in [0.5, 0.6) is 0 Å². The van der Waals surface area contributed by atoms with Crippen molar-refractivity contribution in [1.82, 2.24) is 0 Å². The Morgan fingerprint density at radius 3 is 2.39 bits per heavy atom. The first kappa shape index (κ1) is 14.6. The molecule has 2 aromatic carbocycles. The zero-order valence-corrected chi connectivity index (χ0v) is 14.0. The smallest absolute Gasteiger partial charge is 0.0446 e. The van der Waals surface area contributed by atoms with E-state index in [1.54, 1.807) is 0 Å². The van der Waals surface area contributed by atoms with Crippen molar-refractivity contribution in [3.63, 3.8) is 0 Å². The molecule has 1 nitrogen and oxygen atoms in total. The average Bonchev–Trinajstić information content (AvgIpc) is 2.63. The molecule has 4 rings (SSSR count). The summed E-state index contributed by atoms with van der Waals surface area (Å²) < 4.78 is 0. The van der Waals surface area contributed by atoms with Gasteiger partial charge in [0, 0.05) is 24.8 Å². The number of fused-ring (bicyclic) bond motifs is 1. The van der Waals surface area contributed by atoms with E-state index in [4.69, 9.17) is 0 Å². The highest BCUT2D eigenvalue weighted by Crippen LogP contribution is 2.36. The third-order valence-corrected chi connectivity index (χ3v) is 5.47. The standard InChI is InChI=1S/C22H25N/c1-23-16-15-20(21-9-5-6-10-22(21)23)19-13-11-18(12-14-19)17-7-3-2-4-8-17/h5-6,9-15,17H,2-4,7-8,16H2,1H3. The molecule has 0 unspecified atom stereocenters. The molecule has 2 aliphatic rings. The predicted molar refractivity (Wildman–Crippen MR) is 99.1 cm³/mol. The molecule has 2 aromatic rings. The number of para-hydroxylation sites is 1. The third kappa shape index (κ3) is 2.81. The summed E-state index contributed by atoms with van der Waals surface area (Å²) in [7, 11) is 2.16. The fourth-order valence-electron chi connectivity index (χ4n) is 4.11. The summed E-state index contributed by atoms with van der Waals surface area (Å²) in [5, 5.41) is 0. The van der Waals surface area contributed by atoms with Crippen molar-refractivity contribution in [3.05, 3.63) is 71.3 Å². The lowest BCUT2D eigenvalue weighted by Gasteiger charge is -2.28. The molecule has 118 valence electrons. The van der Waals surface area contributed by atoms with Crippen LogP contribution in [0.4, 0.5) is 5.69 Å². The molecule has 0 N–H and O–H groups in total. The maximum absolute atomic E-state index is 2.37. The minimum Gasteiger partial charge on any atom is -0.370 e. The second-order valence-electron chi connectivity index (χ2n) is 6.97. The molecular weight excluding hydrogens is 278 g/mol. The zero-order valence-electron chi connectivity index (χ0n) is 14.0. The molecular formula is C22H25N. The second kappa shape index (κ2) is 6.23. The van der Waals surface area contributed by atoms with Crippen molar-refractivity contribution in [1.29, 1.82) is 0 Å². The summed E-state index contributed by atoms with van der Waals surface area (Å²) >= 11 is 0. The summed E-state index contributed by atoms with van der Waals surface area (Å²) in [5.41, 5.74) is 6.96. The van der Waals surface area contributed by atoms with Crippen LogP contribution in [0.25, 0.3) is 5.57 Å². The second-order valence-corrected chi connectivity index (χ2v) is 6.97. The van der Waals surface area contributed by atoms with E-state index in [0.717, 1.165) is 12.5 Å². The highest BCUT2D eigenvalue weighted by Gasteiger charge is 2.18. The van der Waals surface area contributed by atoms with Gasteiger partial charge in [0.25, 0.3) is 0 Å². The van der Waals surface area contributed by atoms with Crippen LogP contribution in [0, 0.1) is 0 Å². The molecule has 0 atom stereocenters. The molecule has 0 spiro atoms. The van der Waals surface area contributed by atoms with Crippen LogP contribution in [-0.4, -0.2) is 13.6 Å². The van der Waals surface area contributed by atoms with Crippen LogP contribution in [0.1, 0.15) is 54.7 Å². The normalized spacial score (nSPS) is 18.5. The molecule has 0 amide bonds. The van der Waals surface area contributed by atoms with E-state index in [1.807, 2.05) is 0 Å². The monoisotopic (exact) mass is 303 g/mol. The molecule has 23 heavy (non-hydrogen) atoms. The van der Waals surface area contributed by atoms with Crippen LogP contribution in [-0.2, 0) is 0 Å². The van der Waals surface area contributed by atoms with E-state index in [0.29, 0.717) is 0 Å². The maximum atomic E-state index is 2.37. The molecule has 1 heterocycles. The molecule has 0 aromatic heterocycles. The van der Waals surface area contributed by atoms with Gasteiger partial charge in [-0.15, -0.1) is 0 Å². The van der Waals surface area contributed by atoms with E-state index in [-0.39, 0.29) is 0 Å². The SMILES string of the molecule is CN1CC=C(c2ccc(C3CCCCC3)cc2)c2ccccc21. The van der Waals surface area contributed by atoms with Gasteiger partial charge in [-0.1, -0.05) is 67.8 Å². The Hall–Kier alpha value is -2.02. The summed E-state index contributed by atoms with van der Waals surface area (Å²) in [6, 6.07) is 18.1. The van der Waals surface area contributed by atoms with E-state index < -0.39 is 0 Å². The van der Waals surface area contributed by atoms with E-state index >= 15 is 0 Å². The zero-order chi connectivity index (χ0) is 15.6. The molecule has 1 aliphatic heterocycles. The number of anilines is 1. The minimum atomic E-state index is 0.788. The molecule has 0 saturated heterocycles. The highest BCUT2D eigenvalue weighted by molar-refractivity contribution is 5.88. The Bertz CT molecular complexity index is 705. The minimum absolute atomic E-state index is 0.788. The fourth-order valence-corrected chi connectivity index (χ4v) is 4.11. The van der Waals surface area contributed by atoms with Gasteiger partial charge in [0.15, 0.2) is 0 Å². The average molecular weight is 303 g/mol. The van der Waals surface area contributed by atoms with Gasteiger partial charge in [0.2, 0.25) is 0 Å². The lowest BCUT2D eigenvalue weighted by molar-refractivity contribution is 0.443. The van der Waals surface area contributed by atoms with Gasteiger partial charge in [0.05, 0.1) is 0 Å². The Balaban J connectivity index is 1.63. The van der Waals surface area contributed by atoms with Crippen LogP contribution in [0.3, 0.4) is 0 Å². The first-order valence-electron chi connectivity index (χ1n) is 8.94. The lowest BCUT2D eigenvalue weighted by atomic mass is 9.83. The van der Waals surface area contributed by atoms with Crippen molar-refractivity contribution in [2.75, 3.05) is 18.5 Å². The van der Waals surface area contributed by atoms with Gasteiger partial charge >= 0.3 is 0 Å². The maximum Gasteiger partial charge on any atom is 0.0446 e. The summed E-state index contributed by atoms with van der Waals surface area (Å²) in [6.45, 7) is 0.983. The molecule has 0 radical (unpaired) electrons. The van der Waals surface area contributed by atoms with Crippen molar-refractivity contribution in [3.8, 4) is 0 Å². The van der Waals surface area contributed by atoms with Gasteiger partial charge in [-0.25, -0.2) is 0 Å². The van der Waals surface area contributed by atoms with Gasteiger partial charge in [0.1, 0.15) is 0 Å². The van der Waals surface area contributed by atoms with Gasteiger partial charge in [-0.05, 0) is 41.5 Å². The van der Waals surface area contributed by atoms with Crippen molar-refractivity contribution in [2.24, 2.45) is 0 Å². The van der Waals surface area contributed by atoms with Crippen LogP contribution >= 0.6 is 0 Å². The number of hydrogen-bond donors (Lipinski definition) is 0. The van der Waals surface area contributed by atoms with Gasteiger partial charge < -0.3 is 4.90 Å². The number of nitrogens with zero attached hydrogens (tertiary/aromatic N) is 1. The van der Waals surface area contributed by atoms with Crippen molar-refractivity contribution in [2.45, 2.75) is 38.0 Å². The number of likely N-dealkylation sites (N-methyl/N-ethyl adjacent to an activating group) is 1. The Kier molecular flexibility index (Phi) is 3.95. The van der Waals surface area contributed by atoms with E-state index in [1.165, 1.54) is 60.1 Å². The van der Waals surface area contributed by atoms with Crippen LogP contribution in [0.2, 0.25) is 0 Å².